The van der Waals surface area contributed by atoms with E-state index < -0.39 is 41.3 Å². The average molecular weight is 495 g/mol. The number of amides is 3. The number of nitro groups is 1. The molecule has 2 aromatic rings. The molecule has 3 amide bonds. The molecule has 1 saturated carbocycles. The van der Waals surface area contributed by atoms with Crippen LogP contribution in [0.3, 0.4) is 0 Å². The Labute approximate surface area is 206 Å². The van der Waals surface area contributed by atoms with E-state index in [0.717, 1.165) is 5.56 Å². The number of benzene rings is 2. The van der Waals surface area contributed by atoms with Gasteiger partial charge in [0.05, 0.1) is 17.4 Å². The molecule has 0 spiro atoms. The van der Waals surface area contributed by atoms with Gasteiger partial charge < -0.3 is 20.2 Å². The van der Waals surface area contributed by atoms with Gasteiger partial charge in [-0.2, -0.15) is 0 Å². The van der Waals surface area contributed by atoms with Crippen LogP contribution in [0.5, 0.6) is 0 Å². The molecule has 2 aliphatic rings. The van der Waals surface area contributed by atoms with Crippen LogP contribution in [-0.4, -0.2) is 62.8 Å². The highest BCUT2D eigenvalue weighted by Gasteiger charge is 2.47. The van der Waals surface area contributed by atoms with Crippen molar-refractivity contribution in [2.75, 3.05) is 13.1 Å². The van der Waals surface area contributed by atoms with Crippen molar-refractivity contribution in [3.05, 3.63) is 75.3 Å². The number of carboxylic acid groups (broad SMARTS) is 1. The van der Waals surface area contributed by atoms with Crippen molar-refractivity contribution in [1.29, 1.82) is 0 Å². The predicted molar refractivity (Wildman–Crippen MR) is 127 cm³/mol. The lowest BCUT2D eigenvalue weighted by atomic mass is 10.0. The predicted octanol–water partition coefficient (Wildman–Crippen LogP) is 2.26. The number of carboxylic acids is 1. The third-order valence-electron chi connectivity index (χ3n) is 6.35. The zero-order valence-corrected chi connectivity index (χ0v) is 19.6. The van der Waals surface area contributed by atoms with Crippen LogP contribution in [-0.2, 0) is 14.4 Å². The number of rotatable bonds is 8. The van der Waals surface area contributed by atoms with E-state index in [1.54, 1.807) is 24.3 Å². The topological polar surface area (TPSA) is 150 Å². The molecule has 0 radical (unpaired) electrons. The molecule has 2 fully saturated rings. The standard InChI is InChI=1S/C25H26N4O7/c1-15-5-7-16(8-6-15)24(33)27-11-12-28(25(34)17-9-10-17)23(27)22(32)26-20(14-21(30)31)18-3-2-4-19(13-18)29(35)36/h2-8,13,17,20,23H,9-12,14H2,1H3,(H,26,32)(H,30,31). The van der Waals surface area contributed by atoms with E-state index in [-0.39, 0.29) is 36.2 Å². The van der Waals surface area contributed by atoms with Crippen LogP contribution in [0.2, 0.25) is 0 Å². The highest BCUT2D eigenvalue weighted by Crippen LogP contribution is 2.34. The maximum absolute atomic E-state index is 13.6. The minimum Gasteiger partial charge on any atom is -0.481 e. The van der Waals surface area contributed by atoms with E-state index in [2.05, 4.69) is 5.32 Å². The number of aliphatic carboxylic acids is 1. The maximum atomic E-state index is 13.6. The Kier molecular flexibility index (Phi) is 7.00. The van der Waals surface area contributed by atoms with Crippen molar-refractivity contribution in [2.45, 2.75) is 38.4 Å². The first-order chi connectivity index (χ1) is 17.2. The Balaban J connectivity index is 1.64. The summed E-state index contributed by atoms with van der Waals surface area (Å²) >= 11 is 0. The molecule has 2 atom stereocenters. The van der Waals surface area contributed by atoms with Crippen molar-refractivity contribution >= 4 is 29.4 Å². The van der Waals surface area contributed by atoms with Gasteiger partial charge in [-0.05, 0) is 37.5 Å². The second-order valence-corrected chi connectivity index (χ2v) is 9.06. The second-order valence-electron chi connectivity index (χ2n) is 9.06. The number of nitro benzene ring substituents is 1. The van der Waals surface area contributed by atoms with Crippen molar-refractivity contribution in [3.63, 3.8) is 0 Å². The Hall–Kier alpha value is -4.28. The van der Waals surface area contributed by atoms with Gasteiger partial charge in [-0.15, -0.1) is 0 Å². The molecule has 2 N–H and O–H groups in total. The van der Waals surface area contributed by atoms with Gasteiger partial charge in [0.2, 0.25) is 5.91 Å². The Morgan fingerprint density at radius 2 is 1.75 bits per heavy atom. The molecule has 11 nitrogen and oxygen atoms in total. The zero-order chi connectivity index (χ0) is 26.0. The lowest BCUT2D eigenvalue weighted by Crippen LogP contribution is -2.54. The Morgan fingerprint density at radius 1 is 1.08 bits per heavy atom. The summed E-state index contributed by atoms with van der Waals surface area (Å²) in [6.45, 7) is 2.20. The molecular formula is C25H26N4O7. The van der Waals surface area contributed by atoms with Crippen molar-refractivity contribution in [3.8, 4) is 0 Å². The van der Waals surface area contributed by atoms with E-state index in [1.807, 2.05) is 6.92 Å². The number of hydrogen-bond donors (Lipinski definition) is 2. The lowest BCUT2D eigenvalue weighted by molar-refractivity contribution is -0.384. The van der Waals surface area contributed by atoms with E-state index in [0.29, 0.717) is 18.4 Å². The van der Waals surface area contributed by atoms with Crippen LogP contribution in [0.4, 0.5) is 5.69 Å². The summed E-state index contributed by atoms with van der Waals surface area (Å²) in [4.78, 5) is 64.7. The summed E-state index contributed by atoms with van der Waals surface area (Å²) in [6.07, 6.45) is -0.375. The van der Waals surface area contributed by atoms with Gasteiger partial charge in [-0.3, -0.25) is 29.3 Å². The van der Waals surface area contributed by atoms with Crippen LogP contribution >= 0.6 is 0 Å². The molecule has 1 heterocycles. The van der Waals surface area contributed by atoms with Gasteiger partial charge in [-0.1, -0.05) is 29.8 Å². The van der Waals surface area contributed by atoms with E-state index in [4.69, 9.17) is 0 Å². The highest BCUT2D eigenvalue weighted by atomic mass is 16.6. The molecule has 2 unspecified atom stereocenters. The molecule has 1 aliphatic carbocycles. The van der Waals surface area contributed by atoms with Crippen LogP contribution in [0, 0.1) is 23.0 Å². The molecule has 36 heavy (non-hydrogen) atoms. The number of aryl methyl sites for hydroxylation is 1. The molecule has 4 rings (SSSR count). The highest BCUT2D eigenvalue weighted by molar-refractivity contribution is 5.99. The fourth-order valence-electron chi connectivity index (χ4n) is 4.31. The van der Waals surface area contributed by atoms with E-state index >= 15 is 0 Å². The van der Waals surface area contributed by atoms with Gasteiger partial charge in [0, 0.05) is 36.7 Å². The van der Waals surface area contributed by atoms with Crippen LogP contribution in [0.1, 0.15) is 46.8 Å². The summed E-state index contributed by atoms with van der Waals surface area (Å²) < 4.78 is 0. The van der Waals surface area contributed by atoms with Crippen LogP contribution in [0.25, 0.3) is 0 Å². The molecule has 1 aliphatic heterocycles. The Bertz CT molecular complexity index is 1210. The normalized spacial score (nSPS) is 18.0. The lowest BCUT2D eigenvalue weighted by Gasteiger charge is -2.31. The van der Waals surface area contributed by atoms with E-state index in [1.165, 1.54) is 34.1 Å². The number of nitrogens with zero attached hydrogens (tertiary/aromatic N) is 3. The molecule has 1 saturated heterocycles. The van der Waals surface area contributed by atoms with Crippen LogP contribution < -0.4 is 5.32 Å². The molecule has 188 valence electrons. The monoisotopic (exact) mass is 494 g/mol. The number of nitrogens with one attached hydrogen (secondary N) is 1. The first-order valence-corrected chi connectivity index (χ1v) is 11.6. The van der Waals surface area contributed by atoms with Gasteiger partial charge in [-0.25, -0.2) is 0 Å². The third-order valence-corrected chi connectivity index (χ3v) is 6.35. The van der Waals surface area contributed by atoms with Crippen LogP contribution in [0.15, 0.2) is 48.5 Å². The van der Waals surface area contributed by atoms with Gasteiger partial charge in [0.1, 0.15) is 0 Å². The summed E-state index contributed by atoms with van der Waals surface area (Å²) in [7, 11) is 0. The average Bonchev–Trinajstić information content (AvgIpc) is 3.60. The van der Waals surface area contributed by atoms with Gasteiger partial charge >= 0.3 is 5.97 Å². The summed E-state index contributed by atoms with van der Waals surface area (Å²) in [6, 6.07) is 11.1. The van der Waals surface area contributed by atoms with Crippen molar-refractivity contribution in [1.82, 2.24) is 15.1 Å². The second kappa shape index (κ2) is 10.1. The summed E-state index contributed by atoms with van der Waals surface area (Å²) in [5.41, 5.74) is 1.30. The largest absolute Gasteiger partial charge is 0.481 e. The first-order valence-electron chi connectivity index (χ1n) is 11.6. The molecule has 0 bridgehead atoms. The molecule has 11 heteroatoms. The molecule has 2 aromatic carbocycles. The fraction of sp³-hybridized carbons (Fsp3) is 0.360. The zero-order valence-electron chi connectivity index (χ0n) is 19.6. The number of non-ortho nitro benzene ring substituents is 1. The van der Waals surface area contributed by atoms with Gasteiger partial charge in [0.25, 0.3) is 17.5 Å². The smallest absolute Gasteiger partial charge is 0.305 e. The summed E-state index contributed by atoms with van der Waals surface area (Å²) in [5, 5.41) is 23.3. The maximum Gasteiger partial charge on any atom is 0.305 e. The number of carbonyl (C=O) groups is 4. The molecule has 0 aromatic heterocycles. The minimum atomic E-state index is -1.26. The summed E-state index contributed by atoms with van der Waals surface area (Å²) in [5.74, 6) is -2.79. The number of hydrogen-bond acceptors (Lipinski definition) is 6. The minimum absolute atomic E-state index is 0.143. The quantitative estimate of drug-likeness (QED) is 0.422. The SMILES string of the molecule is Cc1ccc(C(=O)N2CCN(C(=O)C3CC3)C2C(=O)NC(CC(=O)O)c2cccc([N+](=O)[O-])c2)cc1. The van der Waals surface area contributed by atoms with Crippen molar-refractivity contribution < 1.29 is 29.2 Å². The van der Waals surface area contributed by atoms with Crippen molar-refractivity contribution in [2.24, 2.45) is 5.92 Å². The Morgan fingerprint density at radius 3 is 2.36 bits per heavy atom. The number of carbonyl (C=O) groups excluding carboxylic acids is 3. The fourth-order valence-corrected chi connectivity index (χ4v) is 4.31. The van der Waals surface area contributed by atoms with E-state index in [9.17, 15) is 34.4 Å². The molecular weight excluding hydrogens is 468 g/mol. The van der Waals surface area contributed by atoms with Gasteiger partial charge in [0.15, 0.2) is 6.17 Å². The third kappa shape index (κ3) is 5.35. The first kappa shape index (κ1) is 24.8.